The second-order valence-electron chi connectivity index (χ2n) is 7.37. The van der Waals surface area contributed by atoms with Crippen LogP contribution in [0.3, 0.4) is 0 Å². The van der Waals surface area contributed by atoms with Gasteiger partial charge in [-0.25, -0.2) is 4.98 Å². The molecule has 0 atom stereocenters. The van der Waals surface area contributed by atoms with Gasteiger partial charge in [-0.3, -0.25) is 4.79 Å². The molecule has 1 saturated heterocycles. The summed E-state index contributed by atoms with van der Waals surface area (Å²) < 4.78 is 46.6. The van der Waals surface area contributed by atoms with Crippen molar-refractivity contribution in [2.75, 3.05) is 43.4 Å². The lowest BCUT2D eigenvalue weighted by Gasteiger charge is -2.34. The normalized spacial score (nSPS) is 15.3. The Morgan fingerprint density at radius 3 is 2.58 bits per heavy atom. The maximum atomic E-state index is 13.8. The first-order valence-corrected chi connectivity index (χ1v) is 10.5. The fourth-order valence-corrected chi connectivity index (χ4v) is 4.31. The van der Waals surface area contributed by atoms with Crippen molar-refractivity contribution in [1.82, 2.24) is 9.88 Å². The minimum atomic E-state index is -4.61. The number of nitrogens with zero attached hydrogens (tertiary/aromatic N) is 3. The zero-order valence-electron chi connectivity index (χ0n) is 17.0. The van der Waals surface area contributed by atoms with Crippen LogP contribution in [-0.4, -0.2) is 49.0 Å². The number of amides is 1. The Labute approximate surface area is 181 Å². The molecule has 3 aromatic rings. The molecule has 0 saturated carbocycles. The molecule has 6 nitrogen and oxygen atoms in total. The van der Waals surface area contributed by atoms with Crippen molar-refractivity contribution in [2.45, 2.75) is 13.1 Å². The Hall–Kier alpha value is -2.85. The van der Waals surface area contributed by atoms with E-state index in [0.717, 1.165) is 19.2 Å². The number of aromatic nitrogens is 1. The van der Waals surface area contributed by atoms with E-state index < -0.39 is 17.6 Å². The third kappa shape index (κ3) is 4.59. The number of carbonyl (C=O) groups is 1. The Balaban J connectivity index is 1.60. The molecular weight excluding hydrogens is 429 g/mol. The quantitative estimate of drug-likeness (QED) is 0.623. The lowest BCUT2D eigenvalue weighted by molar-refractivity contribution is -0.136. The number of alkyl halides is 3. The van der Waals surface area contributed by atoms with Crippen LogP contribution in [0.1, 0.15) is 20.9 Å². The number of piperazine rings is 1. The van der Waals surface area contributed by atoms with E-state index in [1.54, 1.807) is 25.1 Å². The van der Waals surface area contributed by atoms with Crippen molar-refractivity contribution in [1.29, 1.82) is 0 Å². The van der Waals surface area contributed by atoms with Crippen LogP contribution in [0, 0.1) is 6.92 Å². The van der Waals surface area contributed by atoms with Gasteiger partial charge in [-0.05, 0) is 44.3 Å². The maximum Gasteiger partial charge on any atom is 0.418 e. The molecule has 0 aliphatic carbocycles. The molecule has 1 N–H and O–H groups in total. The van der Waals surface area contributed by atoms with Crippen LogP contribution in [0.25, 0.3) is 10.8 Å². The minimum absolute atomic E-state index is 0.0765. The molecule has 1 aromatic carbocycles. The van der Waals surface area contributed by atoms with Gasteiger partial charge in [0.2, 0.25) is 0 Å². The molecule has 10 heteroatoms. The summed E-state index contributed by atoms with van der Waals surface area (Å²) in [5.74, 6) is -0.191. The summed E-state index contributed by atoms with van der Waals surface area (Å²) in [7, 11) is 1.98. The number of nitrogens with one attached hydrogen (secondary N) is 1. The average Bonchev–Trinajstić information content (AvgIpc) is 3.38. The van der Waals surface area contributed by atoms with Gasteiger partial charge in [0, 0.05) is 36.7 Å². The average molecular weight is 450 g/mol. The summed E-state index contributed by atoms with van der Waals surface area (Å²) in [5, 5.41) is 2.89. The largest absolute Gasteiger partial charge is 0.462 e. The first kappa shape index (κ1) is 21.4. The fourth-order valence-electron chi connectivity index (χ4n) is 3.43. The number of carbonyl (C=O) groups excluding carboxylic acids is 1. The molecule has 1 aliphatic heterocycles. The summed E-state index contributed by atoms with van der Waals surface area (Å²) in [4.78, 5) is 21.6. The highest BCUT2D eigenvalue weighted by molar-refractivity contribution is 7.15. The molecule has 1 aliphatic rings. The van der Waals surface area contributed by atoms with Crippen molar-refractivity contribution in [3.63, 3.8) is 0 Å². The van der Waals surface area contributed by atoms with Crippen LogP contribution >= 0.6 is 11.3 Å². The predicted octanol–water partition coefficient (Wildman–Crippen LogP) is 4.73. The summed E-state index contributed by atoms with van der Waals surface area (Å²) in [5.41, 5.74) is -0.602. The molecule has 1 amide bonds. The standard InChI is InChI=1S/C21H21F3N4O2S/c1-13-18(26-20(31-13)17-4-3-11-30-17)19(29)25-16-6-5-14(12-15(16)21(22,23)24)28-9-7-27(2)8-10-28/h3-6,11-12H,7-10H2,1-2H3,(H,25,29). The van der Waals surface area contributed by atoms with Gasteiger partial charge in [0.05, 0.1) is 17.5 Å². The van der Waals surface area contributed by atoms with Gasteiger partial charge in [0.15, 0.2) is 10.8 Å². The summed E-state index contributed by atoms with van der Waals surface area (Å²) in [6.45, 7) is 4.54. The van der Waals surface area contributed by atoms with Crippen LogP contribution in [0.2, 0.25) is 0 Å². The van der Waals surface area contributed by atoms with Crippen molar-refractivity contribution in [2.24, 2.45) is 0 Å². The number of furan rings is 1. The van der Waals surface area contributed by atoms with E-state index in [9.17, 15) is 18.0 Å². The van der Waals surface area contributed by atoms with Crippen molar-refractivity contribution in [3.8, 4) is 10.8 Å². The number of aryl methyl sites for hydroxylation is 1. The van der Waals surface area contributed by atoms with Crippen molar-refractivity contribution in [3.05, 3.63) is 52.7 Å². The molecule has 164 valence electrons. The molecule has 31 heavy (non-hydrogen) atoms. The Morgan fingerprint density at radius 1 is 1.19 bits per heavy atom. The van der Waals surface area contributed by atoms with E-state index >= 15 is 0 Å². The number of benzene rings is 1. The van der Waals surface area contributed by atoms with E-state index in [-0.39, 0.29) is 11.4 Å². The van der Waals surface area contributed by atoms with E-state index in [1.165, 1.54) is 23.7 Å². The zero-order valence-corrected chi connectivity index (χ0v) is 17.8. The van der Waals surface area contributed by atoms with Crippen LogP contribution in [-0.2, 0) is 6.18 Å². The molecule has 3 heterocycles. The highest BCUT2D eigenvalue weighted by Gasteiger charge is 2.35. The van der Waals surface area contributed by atoms with Crippen LogP contribution in [0.4, 0.5) is 24.5 Å². The van der Waals surface area contributed by atoms with Gasteiger partial charge in [0.1, 0.15) is 5.69 Å². The highest BCUT2D eigenvalue weighted by atomic mass is 32.1. The van der Waals surface area contributed by atoms with Crippen LogP contribution in [0.5, 0.6) is 0 Å². The van der Waals surface area contributed by atoms with E-state index in [2.05, 4.69) is 15.2 Å². The number of halogens is 3. The number of anilines is 2. The predicted molar refractivity (Wildman–Crippen MR) is 114 cm³/mol. The van der Waals surface area contributed by atoms with Gasteiger partial charge in [0.25, 0.3) is 5.91 Å². The Kier molecular flexibility index (Phi) is 5.76. The second kappa shape index (κ2) is 8.35. The van der Waals surface area contributed by atoms with Gasteiger partial charge in [-0.15, -0.1) is 11.3 Å². The number of hydrogen-bond donors (Lipinski definition) is 1. The molecule has 4 rings (SSSR count). The van der Waals surface area contributed by atoms with Crippen LogP contribution < -0.4 is 10.2 Å². The van der Waals surface area contributed by atoms with E-state index in [4.69, 9.17) is 4.42 Å². The Morgan fingerprint density at radius 2 is 1.94 bits per heavy atom. The summed E-state index contributed by atoms with van der Waals surface area (Å²) in [6, 6.07) is 7.42. The number of rotatable bonds is 4. The van der Waals surface area contributed by atoms with Gasteiger partial charge >= 0.3 is 6.18 Å². The highest BCUT2D eigenvalue weighted by Crippen LogP contribution is 2.38. The monoisotopic (exact) mass is 450 g/mol. The van der Waals surface area contributed by atoms with Gasteiger partial charge in [-0.2, -0.15) is 13.2 Å². The van der Waals surface area contributed by atoms with E-state index in [0.29, 0.717) is 34.4 Å². The number of thiazole rings is 1. The maximum absolute atomic E-state index is 13.8. The minimum Gasteiger partial charge on any atom is -0.462 e. The summed E-state index contributed by atoms with van der Waals surface area (Å²) >= 11 is 1.24. The SMILES string of the molecule is Cc1sc(-c2ccco2)nc1C(=O)Nc1ccc(N2CCN(C)CC2)cc1C(F)(F)F. The molecule has 0 radical (unpaired) electrons. The molecule has 2 aromatic heterocycles. The summed E-state index contributed by atoms with van der Waals surface area (Å²) in [6.07, 6.45) is -3.12. The lowest BCUT2D eigenvalue weighted by atomic mass is 10.1. The fraction of sp³-hybridized carbons (Fsp3) is 0.333. The molecule has 0 spiro atoms. The molecule has 1 fully saturated rings. The third-order valence-electron chi connectivity index (χ3n) is 5.17. The lowest BCUT2D eigenvalue weighted by Crippen LogP contribution is -2.44. The van der Waals surface area contributed by atoms with Gasteiger partial charge in [-0.1, -0.05) is 0 Å². The number of hydrogen-bond acceptors (Lipinski definition) is 6. The molecule has 0 bridgehead atoms. The van der Waals surface area contributed by atoms with Crippen molar-refractivity contribution >= 4 is 28.6 Å². The first-order chi connectivity index (χ1) is 14.7. The third-order valence-corrected chi connectivity index (χ3v) is 6.15. The van der Waals surface area contributed by atoms with Crippen molar-refractivity contribution < 1.29 is 22.4 Å². The Bertz CT molecular complexity index is 1070. The first-order valence-electron chi connectivity index (χ1n) is 9.70. The van der Waals surface area contributed by atoms with Gasteiger partial charge < -0.3 is 19.5 Å². The van der Waals surface area contributed by atoms with Crippen LogP contribution in [0.15, 0.2) is 41.0 Å². The second-order valence-corrected chi connectivity index (χ2v) is 8.58. The smallest absolute Gasteiger partial charge is 0.418 e. The topological polar surface area (TPSA) is 61.6 Å². The molecule has 0 unspecified atom stereocenters. The molecular formula is C21H21F3N4O2S. The van der Waals surface area contributed by atoms with E-state index in [1.807, 2.05) is 11.9 Å². The number of likely N-dealkylation sites (N-methyl/N-ethyl adjacent to an activating group) is 1. The zero-order chi connectivity index (χ0) is 22.2.